The van der Waals surface area contributed by atoms with E-state index in [9.17, 15) is 8.78 Å². The quantitative estimate of drug-likeness (QED) is 0.900. The SMILES string of the molecule is CCCCN1CC=Cc2cnc(Nc3ccc(F)cc3F)nc21. The van der Waals surface area contributed by atoms with E-state index >= 15 is 0 Å². The normalized spacial score (nSPS) is 13.1. The molecule has 0 aliphatic carbocycles. The molecule has 2 aromatic rings. The Morgan fingerprint density at radius 2 is 2.17 bits per heavy atom. The van der Waals surface area contributed by atoms with E-state index in [0.717, 1.165) is 43.4 Å². The summed E-state index contributed by atoms with van der Waals surface area (Å²) in [6.07, 6.45) is 7.95. The maximum absolute atomic E-state index is 13.7. The third-order valence-corrected chi connectivity index (χ3v) is 3.68. The highest BCUT2D eigenvalue weighted by molar-refractivity contribution is 5.69. The maximum Gasteiger partial charge on any atom is 0.229 e. The fourth-order valence-electron chi connectivity index (χ4n) is 2.46. The van der Waals surface area contributed by atoms with Crippen LogP contribution in [-0.4, -0.2) is 23.1 Å². The summed E-state index contributed by atoms with van der Waals surface area (Å²) in [5, 5.41) is 2.81. The first-order valence-electron chi connectivity index (χ1n) is 7.68. The fourth-order valence-corrected chi connectivity index (χ4v) is 2.46. The molecule has 0 saturated carbocycles. The minimum absolute atomic E-state index is 0.151. The summed E-state index contributed by atoms with van der Waals surface area (Å²) in [6, 6.07) is 3.36. The Balaban J connectivity index is 1.85. The van der Waals surface area contributed by atoms with Crippen LogP contribution in [-0.2, 0) is 0 Å². The second kappa shape index (κ2) is 6.73. The van der Waals surface area contributed by atoms with Gasteiger partial charge in [0.1, 0.15) is 17.5 Å². The van der Waals surface area contributed by atoms with E-state index in [1.807, 2.05) is 6.08 Å². The summed E-state index contributed by atoms with van der Waals surface area (Å²) in [5.41, 5.74) is 1.09. The predicted octanol–water partition coefficient (Wildman–Crippen LogP) is 4.13. The third-order valence-electron chi connectivity index (χ3n) is 3.68. The van der Waals surface area contributed by atoms with Crippen molar-refractivity contribution >= 4 is 23.5 Å². The molecule has 0 fully saturated rings. The van der Waals surface area contributed by atoms with Gasteiger partial charge in [-0.3, -0.25) is 0 Å². The van der Waals surface area contributed by atoms with Crippen LogP contribution in [0.25, 0.3) is 6.08 Å². The van der Waals surface area contributed by atoms with Crippen LogP contribution < -0.4 is 10.2 Å². The molecule has 1 aromatic carbocycles. The second-order valence-electron chi connectivity index (χ2n) is 5.42. The van der Waals surface area contributed by atoms with Gasteiger partial charge in [-0.2, -0.15) is 4.98 Å². The van der Waals surface area contributed by atoms with Crippen molar-refractivity contribution in [2.75, 3.05) is 23.3 Å². The van der Waals surface area contributed by atoms with Gasteiger partial charge in [0, 0.05) is 30.9 Å². The van der Waals surface area contributed by atoms with E-state index in [1.54, 1.807) is 6.20 Å². The van der Waals surface area contributed by atoms with Crippen LogP contribution in [0.2, 0.25) is 0 Å². The van der Waals surface area contributed by atoms with Gasteiger partial charge < -0.3 is 10.2 Å². The predicted molar refractivity (Wildman–Crippen MR) is 87.8 cm³/mol. The number of aromatic nitrogens is 2. The Labute approximate surface area is 133 Å². The Morgan fingerprint density at radius 1 is 1.30 bits per heavy atom. The molecule has 1 N–H and O–H groups in total. The summed E-state index contributed by atoms with van der Waals surface area (Å²) < 4.78 is 26.7. The van der Waals surface area contributed by atoms with Gasteiger partial charge in [0.25, 0.3) is 0 Å². The number of benzene rings is 1. The number of hydrogen-bond acceptors (Lipinski definition) is 4. The molecule has 23 heavy (non-hydrogen) atoms. The van der Waals surface area contributed by atoms with Gasteiger partial charge in [-0.25, -0.2) is 13.8 Å². The molecule has 120 valence electrons. The first kappa shape index (κ1) is 15.4. The number of fused-ring (bicyclic) bond motifs is 1. The minimum atomic E-state index is -0.672. The molecule has 1 aromatic heterocycles. The molecule has 0 radical (unpaired) electrons. The van der Waals surface area contributed by atoms with Crippen LogP contribution in [0.4, 0.5) is 26.2 Å². The van der Waals surface area contributed by atoms with E-state index in [2.05, 4.69) is 33.2 Å². The molecule has 0 atom stereocenters. The van der Waals surface area contributed by atoms with Gasteiger partial charge in [0.05, 0.1) is 5.69 Å². The van der Waals surface area contributed by atoms with E-state index in [0.29, 0.717) is 5.95 Å². The largest absolute Gasteiger partial charge is 0.352 e. The zero-order valence-corrected chi connectivity index (χ0v) is 12.9. The van der Waals surface area contributed by atoms with Gasteiger partial charge in [0.2, 0.25) is 5.95 Å². The zero-order chi connectivity index (χ0) is 16.2. The molecule has 0 saturated heterocycles. The molecular weight excluding hydrogens is 298 g/mol. The van der Waals surface area contributed by atoms with Crippen LogP contribution in [0, 0.1) is 11.6 Å². The summed E-state index contributed by atoms with van der Waals surface area (Å²) in [7, 11) is 0. The Bertz CT molecular complexity index is 731. The molecule has 1 aliphatic rings. The second-order valence-corrected chi connectivity index (χ2v) is 5.42. The summed E-state index contributed by atoms with van der Waals surface area (Å²) in [4.78, 5) is 10.9. The number of rotatable bonds is 5. The molecule has 0 bridgehead atoms. The number of unbranched alkanes of at least 4 members (excludes halogenated alkanes) is 1. The highest BCUT2D eigenvalue weighted by Gasteiger charge is 2.16. The number of anilines is 3. The third kappa shape index (κ3) is 3.47. The summed E-state index contributed by atoms with van der Waals surface area (Å²) in [5.74, 6) is -0.156. The van der Waals surface area contributed by atoms with Crippen molar-refractivity contribution in [2.24, 2.45) is 0 Å². The molecular formula is C17H18F2N4. The summed E-state index contributed by atoms with van der Waals surface area (Å²) >= 11 is 0. The Morgan fingerprint density at radius 3 is 2.96 bits per heavy atom. The minimum Gasteiger partial charge on any atom is -0.352 e. The fraction of sp³-hybridized carbons (Fsp3) is 0.294. The van der Waals surface area contributed by atoms with Crippen molar-refractivity contribution in [3.63, 3.8) is 0 Å². The van der Waals surface area contributed by atoms with Crippen LogP contribution in [0.15, 0.2) is 30.5 Å². The lowest BCUT2D eigenvalue weighted by atomic mass is 10.2. The van der Waals surface area contributed by atoms with Gasteiger partial charge in [-0.1, -0.05) is 25.5 Å². The van der Waals surface area contributed by atoms with Crippen molar-refractivity contribution in [1.29, 1.82) is 0 Å². The monoisotopic (exact) mass is 316 g/mol. The van der Waals surface area contributed by atoms with Crippen LogP contribution >= 0.6 is 0 Å². The number of hydrogen-bond donors (Lipinski definition) is 1. The molecule has 3 rings (SSSR count). The summed E-state index contributed by atoms with van der Waals surface area (Å²) in [6.45, 7) is 3.86. The number of nitrogens with zero attached hydrogens (tertiary/aromatic N) is 3. The Kier molecular flexibility index (Phi) is 4.50. The number of nitrogens with one attached hydrogen (secondary N) is 1. The highest BCUT2D eigenvalue weighted by Crippen LogP contribution is 2.26. The lowest BCUT2D eigenvalue weighted by Crippen LogP contribution is -2.28. The van der Waals surface area contributed by atoms with Gasteiger partial charge in [-0.15, -0.1) is 0 Å². The average Bonchev–Trinajstić information content (AvgIpc) is 2.55. The van der Waals surface area contributed by atoms with E-state index in [1.165, 1.54) is 12.1 Å². The van der Waals surface area contributed by atoms with Gasteiger partial charge in [0.15, 0.2) is 0 Å². The first-order chi connectivity index (χ1) is 11.2. The highest BCUT2D eigenvalue weighted by atomic mass is 19.1. The van der Waals surface area contributed by atoms with Crippen LogP contribution in [0.1, 0.15) is 25.3 Å². The van der Waals surface area contributed by atoms with Crippen molar-refractivity contribution in [3.8, 4) is 0 Å². The molecule has 0 unspecified atom stereocenters. The van der Waals surface area contributed by atoms with E-state index < -0.39 is 11.6 Å². The smallest absolute Gasteiger partial charge is 0.229 e. The van der Waals surface area contributed by atoms with E-state index in [4.69, 9.17) is 0 Å². The first-order valence-corrected chi connectivity index (χ1v) is 7.68. The Hall–Kier alpha value is -2.50. The van der Waals surface area contributed by atoms with Crippen LogP contribution in [0.5, 0.6) is 0 Å². The van der Waals surface area contributed by atoms with Gasteiger partial charge in [-0.05, 0) is 18.6 Å². The molecule has 1 aliphatic heterocycles. The van der Waals surface area contributed by atoms with Crippen molar-refractivity contribution in [1.82, 2.24) is 9.97 Å². The van der Waals surface area contributed by atoms with Crippen molar-refractivity contribution in [2.45, 2.75) is 19.8 Å². The van der Waals surface area contributed by atoms with Crippen molar-refractivity contribution in [3.05, 3.63) is 47.7 Å². The molecule has 0 amide bonds. The van der Waals surface area contributed by atoms with Crippen molar-refractivity contribution < 1.29 is 8.78 Å². The zero-order valence-electron chi connectivity index (χ0n) is 12.9. The number of halogens is 2. The topological polar surface area (TPSA) is 41.1 Å². The average molecular weight is 316 g/mol. The lowest BCUT2D eigenvalue weighted by Gasteiger charge is -2.26. The molecule has 0 spiro atoms. The lowest BCUT2D eigenvalue weighted by molar-refractivity contribution is 0.586. The molecule has 4 nitrogen and oxygen atoms in total. The maximum atomic E-state index is 13.7. The van der Waals surface area contributed by atoms with Gasteiger partial charge >= 0.3 is 0 Å². The molecule has 2 heterocycles. The van der Waals surface area contributed by atoms with E-state index in [-0.39, 0.29) is 5.69 Å². The van der Waals surface area contributed by atoms with Crippen LogP contribution in [0.3, 0.4) is 0 Å². The molecule has 6 heteroatoms. The standard InChI is InChI=1S/C17H18F2N4/c1-2-3-8-23-9-4-5-12-11-20-17(22-16(12)23)21-15-7-6-13(18)10-14(15)19/h4-7,10-11H,2-3,8-9H2,1H3,(H,20,21,22).